The molecule has 2 nitrogen and oxygen atoms in total. The van der Waals surface area contributed by atoms with Crippen LogP contribution < -0.4 is 11.1 Å². The summed E-state index contributed by atoms with van der Waals surface area (Å²) in [6.07, 6.45) is 0. The van der Waals surface area contributed by atoms with Crippen LogP contribution in [0.25, 0.3) is 0 Å². The molecule has 0 aliphatic rings. The van der Waals surface area contributed by atoms with Crippen LogP contribution >= 0.6 is 38.5 Å². The van der Waals surface area contributed by atoms with Crippen molar-refractivity contribution in [3.8, 4) is 0 Å². The SMILES string of the molecule is Cc1cc(Nc2cc(I)ccc2C)c(Br)cc1N. The second-order valence-corrected chi connectivity index (χ2v) is 6.37. The van der Waals surface area contributed by atoms with Gasteiger partial charge in [-0.05, 0) is 87.8 Å². The average Bonchev–Trinajstić information content (AvgIpc) is 2.30. The molecule has 0 bridgehead atoms. The van der Waals surface area contributed by atoms with Crippen molar-refractivity contribution in [1.82, 2.24) is 0 Å². The molecule has 2 aromatic carbocycles. The summed E-state index contributed by atoms with van der Waals surface area (Å²) in [5, 5.41) is 3.44. The molecule has 2 aromatic rings. The highest BCUT2D eigenvalue weighted by atomic mass is 127. The molecule has 0 heterocycles. The Balaban J connectivity index is 2.40. The normalized spacial score (nSPS) is 10.4. The van der Waals surface area contributed by atoms with E-state index in [1.807, 2.05) is 13.0 Å². The van der Waals surface area contributed by atoms with Crippen LogP contribution in [0.4, 0.5) is 17.1 Å². The van der Waals surface area contributed by atoms with Crippen LogP contribution in [0, 0.1) is 17.4 Å². The number of nitrogens with two attached hydrogens (primary N) is 1. The summed E-state index contributed by atoms with van der Waals surface area (Å²) in [5.74, 6) is 0. The zero-order valence-corrected chi connectivity index (χ0v) is 14.0. The zero-order valence-electron chi connectivity index (χ0n) is 10.2. The van der Waals surface area contributed by atoms with Gasteiger partial charge in [-0.25, -0.2) is 0 Å². The summed E-state index contributed by atoms with van der Waals surface area (Å²) in [7, 11) is 0. The summed E-state index contributed by atoms with van der Waals surface area (Å²) < 4.78 is 2.19. The summed E-state index contributed by atoms with van der Waals surface area (Å²) in [5.41, 5.74) is 11.1. The molecular formula is C14H14BrIN2. The maximum atomic E-state index is 5.88. The fourth-order valence-corrected chi connectivity index (χ4v) is 2.62. The predicted molar refractivity (Wildman–Crippen MR) is 90.5 cm³/mol. The summed E-state index contributed by atoms with van der Waals surface area (Å²) in [6, 6.07) is 10.3. The van der Waals surface area contributed by atoms with Crippen LogP contribution in [0.3, 0.4) is 0 Å². The lowest BCUT2D eigenvalue weighted by atomic mass is 10.1. The molecule has 3 N–H and O–H groups in total. The number of halogens is 2. The third-order valence-electron chi connectivity index (χ3n) is 2.82. The van der Waals surface area contributed by atoms with Crippen LogP contribution in [0.5, 0.6) is 0 Å². The molecule has 0 spiro atoms. The lowest BCUT2D eigenvalue weighted by Crippen LogP contribution is -1.97. The number of nitrogen functional groups attached to an aromatic ring is 1. The molecule has 0 aromatic heterocycles. The Morgan fingerprint density at radius 3 is 2.50 bits per heavy atom. The first kappa shape index (κ1) is 13.7. The maximum absolute atomic E-state index is 5.88. The third-order valence-corrected chi connectivity index (χ3v) is 4.15. The smallest absolute Gasteiger partial charge is 0.0532 e. The Morgan fingerprint density at radius 2 is 1.78 bits per heavy atom. The van der Waals surface area contributed by atoms with Gasteiger partial charge in [0, 0.05) is 19.4 Å². The van der Waals surface area contributed by atoms with Crippen molar-refractivity contribution in [1.29, 1.82) is 0 Å². The van der Waals surface area contributed by atoms with Crippen molar-refractivity contribution in [2.24, 2.45) is 0 Å². The van der Waals surface area contributed by atoms with Crippen molar-refractivity contribution < 1.29 is 0 Å². The molecule has 18 heavy (non-hydrogen) atoms. The number of hydrogen-bond acceptors (Lipinski definition) is 2. The Morgan fingerprint density at radius 1 is 1.06 bits per heavy atom. The molecule has 0 fully saturated rings. The number of benzene rings is 2. The molecule has 0 aliphatic heterocycles. The molecule has 0 saturated carbocycles. The van der Waals surface area contributed by atoms with E-state index < -0.39 is 0 Å². The Bertz CT molecular complexity index is 597. The Labute approximate surface area is 129 Å². The predicted octanol–water partition coefficient (Wildman–Crippen LogP) is 5.00. The second kappa shape index (κ2) is 5.48. The van der Waals surface area contributed by atoms with Gasteiger partial charge in [0.1, 0.15) is 0 Å². The van der Waals surface area contributed by atoms with Gasteiger partial charge >= 0.3 is 0 Å². The summed E-state index contributed by atoms with van der Waals surface area (Å²) >= 11 is 5.85. The van der Waals surface area contributed by atoms with Gasteiger partial charge in [0.05, 0.1) is 5.69 Å². The van der Waals surface area contributed by atoms with Crippen molar-refractivity contribution in [2.45, 2.75) is 13.8 Å². The van der Waals surface area contributed by atoms with E-state index in [1.54, 1.807) is 0 Å². The molecule has 0 atom stereocenters. The molecule has 2 rings (SSSR count). The fraction of sp³-hybridized carbons (Fsp3) is 0.143. The first-order valence-corrected chi connectivity index (χ1v) is 7.43. The van der Waals surface area contributed by atoms with E-state index in [0.29, 0.717) is 0 Å². The summed E-state index contributed by atoms with van der Waals surface area (Å²) in [6.45, 7) is 4.10. The minimum absolute atomic E-state index is 0.798. The van der Waals surface area contributed by atoms with Crippen LogP contribution in [-0.2, 0) is 0 Å². The molecular weight excluding hydrogens is 403 g/mol. The van der Waals surface area contributed by atoms with Gasteiger partial charge in [-0.3, -0.25) is 0 Å². The van der Waals surface area contributed by atoms with Gasteiger partial charge in [-0.1, -0.05) is 6.07 Å². The lowest BCUT2D eigenvalue weighted by Gasteiger charge is -2.13. The van der Waals surface area contributed by atoms with Crippen LogP contribution in [-0.4, -0.2) is 0 Å². The van der Waals surface area contributed by atoms with E-state index in [2.05, 4.69) is 75.0 Å². The van der Waals surface area contributed by atoms with Crippen molar-refractivity contribution in [3.05, 3.63) is 49.5 Å². The van der Waals surface area contributed by atoms with Gasteiger partial charge < -0.3 is 11.1 Å². The monoisotopic (exact) mass is 416 g/mol. The van der Waals surface area contributed by atoms with Crippen molar-refractivity contribution >= 4 is 55.6 Å². The van der Waals surface area contributed by atoms with Gasteiger partial charge in [-0.2, -0.15) is 0 Å². The zero-order chi connectivity index (χ0) is 13.3. The Hall–Kier alpha value is -0.750. The highest BCUT2D eigenvalue weighted by Gasteiger charge is 2.06. The number of hydrogen-bond donors (Lipinski definition) is 2. The number of aryl methyl sites for hydroxylation is 2. The lowest BCUT2D eigenvalue weighted by molar-refractivity contribution is 1.39. The number of anilines is 3. The highest BCUT2D eigenvalue weighted by Crippen LogP contribution is 2.31. The molecule has 0 saturated heterocycles. The van der Waals surface area contributed by atoms with Gasteiger partial charge in [0.25, 0.3) is 0 Å². The molecule has 0 unspecified atom stereocenters. The van der Waals surface area contributed by atoms with Gasteiger partial charge in [0.15, 0.2) is 0 Å². The standard InChI is InChI=1S/C14H14BrIN2/c1-8-3-4-10(16)6-13(8)18-14-5-9(2)12(17)7-11(14)15/h3-7,18H,17H2,1-2H3. The molecule has 0 radical (unpaired) electrons. The van der Waals surface area contributed by atoms with Crippen molar-refractivity contribution in [3.63, 3.8) is 0 Å². The highest BCUT2D eigenvalue weighted by molar-refractivity contribution is 14.1. The first-order valence-electron chi connectivity index (χ1n) is 5.56. The molecule has 94 valence electrons. The van der Waals surface area contributed by atoms with Crippen molar-refractivity contribution in [2.75, 3.05) is 11.1 Å². The van der Waals surface area contributed by atoms with Crippen LogP contribution in [0.1, 0.15) is 11.1 Å². The fourth-order valence-electron chi connectivity index (χ4n) is 1.67. The minimum atomic E-state index is 0.798. The topological polar surface area (TPSA) is 38.0 Å². The Kier molecular flexibility index (Phi) is 4.17. The summed E-state index contributed by atoms with van der Waals surface area (Å²) in [4.78, 5) is 0. The second-order valence-electron chi connectivity index (χ2n) is 4.27. The molecule has 0 amide bonds. The van der Waals surface area contributed by atoms with E-state index >= 15 is 0 Å². The number of rotatable bonds is 2. The van der Waals surface area contributed by atoms with E-state index in [9.17, 15) is 0 Å². The minimum Gasteiger partial charge on any atom is -0.398 e. The van der Waals surface area contributed by atoms with Crippen LogP contribution in [0.2, 0.25) is 0 Å². The van der Waals surface area contributed by atoms with E-state index in [4.69, 9.17) is 5.73 Å². The largest absolute Gasteiger partial charge is 0.398 e. The van der Waals surface area contributed by atoms with Crippen LogP contribution in [0.15, 0.2) is 34.8 Å². The van der Waals surface area contributed by atoms with E-state index in [-0.39, 0.29) is 0 Å². The average molecular weight is 417 g/mol. The van der Waals surface area contributed by atoms with E-state index in [1.165, 1.54) is 9.13 Å². The third kappa shape index (κ3) is 2.98. The molecule has 4 heteroatoms. The first-order chi connectivity index (χ1) is 8.47. The number of nitrogens with one attached hydrogen (secondary N) is 1. The van der Waals surface area contributed by atoms with E-state index in [0.717, 1.165) is 27.1 Å². The van der Waals surface area contributed by atoms with Gasteiger partial charge in [0.2, 0.25) is 0 Å². The molecule has 0 aliphatic carbocycles. The quantitative estimate of drug-likeness (QED) is 0.534. The maximum Gasteiger partial charge on any atom is 0.0532 e. The van der Waals surface area contributed by atoms with Gasteiger partial charge in [-0.15, -0.1) is 0 Å².